The predicted octanol–water partition coefficient (Wildman–Crippen LogP) is 4.45. The van der Waals surface area contributed by atoms with Crippen LogP contribution in [0.25, 0.3) is 0 Å². The molecule has 0 aromatic heterocycles. The summed E-state index contributed by atoms with van der Waals surface area (Å²) in [5.74, 6) is 0. The van der Waals surface area contributed by atoms with Gasteiger partial charge in [-0.1, -0.05) is 29.3 Å². The molecule has 0 spiro atoms. The zero-order valence-electron chi connectivity index (χ0n) is 10.8. The fraction of sp³-hybridized carbons (Fsp3) is 0.0769. The molecule has 0 unspecified atom stereocenters. The Bertz CT molecular complexity index is 810. The maximum absolute atomic E-state index is 12.4. The molecule has 0 saturated heterocycles. The summed E-state index contributed by atoms with van der Waals surface area (Å²) in [6.07, 6.45) is 0. The standard InChI is InChI=1S/C13H11BrCl2N2O2S/c1-7-9(17)3-2-4-11(7)21(19,20)18-10-6-5-8(14)12(15)13(10)16/h2-6,18H,17H2,1H3. The van der Waals surface area contributed by atoms with Gasteiger partial charge in [-0.2, -0.15) is 0 Å². The molecule has 4 nitrogen and oxygen atoms in total. The average Bonchev–Trinajstić information content (AvgIpc) is 2.42. The van der Waals surface area contributed by atoms with Gasteiger partial charge in [0.25, 0.3) is 10.0 Å². The van der Waals surface area contributed by atoms with E-state index in [4.69, 9.17) is 28.9 Å². The second kappa shape index (κ2) is 6.04. The topological polar surface area (TPSA) is 72.2 Å². The van der Waals surface area contributed by atoms with E-state index in [1.54, 1.807) is 25.1 Å². The Hall–Kier alpha value is -0.950. The predicted molar refractivity (Wildman–Crippen MR) is 90.6 cm³/mol. The minimum atomic E-state index is -3.81. The summed E-state index contributed by atoms with van der Waals surface area (Å²) in [5, 5.41) is 0.359. The normalized spacial score (nSPS) is 11.4. The molecule has 0 aliphatic rings. The molecule has 112 valence electrons. The quantitative estimate of drug-likeness (QED) is 0.581. The first-order chi connectivity index (χ1) is 9.74. The summed E-state index contributed by atoms with van der Waals surface area (Å²) >= 11 is 15.2. The smallest absolute Gasteiger partial charge is 0.262 e. The number of nitrogen functional groups attached to an aromatic ring is 1. The summed E-state index contributed by atoms with van der Waals surface area (Å²) in [6, 6.07) is 7.82. The van der Waals surface area contributed by atoms with Gasteiger partial charge in [0, 0.05) is 10.2 Å². The van der Waals surface area contributed by atoms with Crippen molar-refractivity contribution in [3.05, 3.63) is 50.4 Å². The Morgan fingerprint density at radius 3 is 2.48 bits per heavy atom. The van der Waals surface area contributed by atoms with Crippen molar-refractivity contribution in [2.45, 2.75) is 11.8 Å². The number of anilines is 2. The Balaban J connectivity index is 2.48. The van der Waals surface area contributed by atoms with Gasteiger partial charge in [-0.05, 0) is 52.7 Å². The summed E-state index contributed by atoms with van der Waals surface area (Å²) in [5.41, 5.74) is 6.82. The Kier molecular flexibility index (Phi) is 4.72. The maximum Gasteiger partial charge on any atom is 0.262 e. The highest BCUT2D eigenvalue weighted by Gasteiger charge is 2.20. The molecule has 0 heterocycles. The number of rotatable bonds is 3. The second-order valence-electron chi connectivity index (χ2n) is 4.30. The van der Waals surface area contributed by atoms with Gasteiger partial charge in [-0.3, -0.25) is 4.72 Å². The van der Waals surface area contributed by atoms with Crippen molar-refractivity contribution >= 4 is 60.5 Å². The lowest BCUT2D eigenvalue weighted by molar-refractivity contribution is 0.600. The van der Waals surface area contributed by atoms with Crippen molar-refractivity contribution in [3.8, 4) is 0 Å². The van der Waals surface area contributed by atoms with Gasteiger partial charge in [0.15, 0.2) is 0 Å². The number of nitrogens with one attached hydrogen (secondary N) is 1. The number of benzene rings is 2. The van der Waals surface area contributed by atoms with Crippen LogP contribution < -0.4 is 10.5 Å². The molecule has 0 saturated carbocycles. The summed E-state index contributed by atoms with van der Waals surface area (Å²) < 4.78 is 27.9. The van der Waals surface area contributed by atoms with Gasteiger partial charge in [0.05, 0.1) is 20.6 Å². The van der Waals surface area contributed by atoms with Crippen molar-refractivity contribution in [1.82, 2.24) is 0 Å². The average molecular weight is 410 g/mol. The van der Waals surface area contributed by atoms with E-state index in [0.29, 0.717) is 15.7 Å². The van der Waals surface area contributed by atoms with Crippen LogP contribution >= 0.6 is 39.1 Å². The molecule has 21 heavy (non-hydrogen) atoms. The molecule has 0 atom stereocenters. The van der Waals surface area contributed by atoms with E-state index in [2.05, 4.69) is 20.7 Å². The molecular weight excluding hydrogens is 399 g/mol. The van der Waals surface area contributed by atoms with Gasteiger partial charge in [-0.15, -0.1) is 0 Å². The molecule has 2 aromatic carbocycles. The van der Waals surface area contributed by atoms with Crippen molar-refractivity contribution < 1.29 is 8.42 Å². The molecule has 3 N–H and O–H groups in total. The molecule has 8 heteroatoms. The first-order valence-corrected chi connectivity index (χ1v) is 8.78. The molecular formula is C13H11BrCl2N2O2S. The fourth-order valence-electron chi connectivity index (χ4n) is 1.73. The molecule has 0 amide bonds. The third-order valence-electron chi connectivity index (χ3n) is 2.90. The van der Waals surface area contributed by atoms with Crippen LogP contribution in [0.4, 0.5) is 11.4 Å². The number of sulfonamides is 1. The van der Waals surface area contributed by atoms with E-state index < -0.39 is 10.0 Å². The van der Waals surface area contributed by atoms with E-state index in [0.717, 1.165) is 0 Å². The van der Waals surface area contributed by atoms with E-state index in [9.17, 15) is 8.42 Å². The highest BCUT2D eigenvalue weighted by atomic mass is 79.9. The van der Waals surface area contributed by atoms with Gasteiger partial charge >= 0.3 is 0 Å². The minimum absolute atomic E-state index is 0.0950. The highest BCUT2D eigenvalue weighted by Crippen LogP contribution is 2.37. The fourth-order valence-corrected chi connectivity index (χ4v) is 3.95. The lowest BCUT2D eigenvalue weighted by atomic mass is 10.2. The SMILES string of the molecule is Cc1c(N)cccc1S(=O)(=O)Nc1ccc(Br)c(Cl)c1Cl. The Morgan fingerprint density at radius 1 is 1.14 bits per heavy atom. The second-order valence-corrected chi connectivity index (χ2v) is 7.56. The molecule has 2 rings (SSSR count). The van der Waals surface area contributed by atoms with Crippen LogP contribution in [-0.4, -0.2) is 8.42 Å². The third-order valence-corrected chi connectivity index (χ3v) is 6.18. The molecule has 2 aromatic rings. The van der Waals surface area contributed by atoms with E-state index >= 15 is 0 Å². The molecule has 0 radical (unpaired) electrons. The summed E-state index contributed by atoms with van der Waals surface area (Å²) in [7, 11) is -3.81. The summed E-state index contributed by atoms with van der Waals surface area (Å²) in [4.78, 5) is 0.0950. The lowest BCUT2D eigenvalue weighted by Gasteiger charge is -2.13. The van der Waals surface area contributed by atoms with E-state index in [1.807, 2.05) is 0 Å². The number of halogens is 3. The van der Waals surface area contributed by atoms with Crippen LogP contribution in [0, 0.1) is 6.92 Å². The number of nitrogens with two attached hydrogens (primary N) is 1. The molecule has 0 bridgehead atoms. The van der Waals surface area contributed by atoms with Crippen LogP contribution in [0.1, 0.15) is 5.56 Å². The largest absolute Gasteiger partial charge is 0.398 e. The van der Waals surface area contributed by atoms with Gasteiger partial charge in [0.2, 0.25) is 0 Å². The van der Waals surface area contributed by atoms with E-state index in [1.165, 1.54) is 12.1 Å². The van der Waals surface area contributed by atoms with Crippen molar-refractivity contribution in [2.24, 2.45) is 0 Å². The van der Waals surface area contributed by atoms with Gasteiger partial charge in [0.1, 0.15) is 0 Å². The third kappa shape index (κ3) is 3.29. The monoisotopic (exact) mass is 408 g/mol. The minimum Gasteiger partial charge on any atom is -0.398 e. The maximum atomic E-state index is 12.4. The Morgan fingerprint density at radius 2 is 1.81 bits per heavy atom. The number of hydrogen-bond donors (Lipinski definition) is 2. The highest BCUT2D eigenvalue weighted by molar-refractivity contribution is 9.10. The van der Waals surface area contributed by atoms with Crippen LogP contribution in [0.5, 0.6) is 0 Å². The van der Waals surface area contributed by atoms with Crippen LogP contribution in [0.3, 0.4) is 0 Å². The van der Waals surface area contributed by atoms with Crippen LogP contribution in [-0.2, 0) is 10.0 Å². The van der Waals surface area contributed by atoms with Crippen molar-refractivity contribution in [2.75, 3.05) is 10.5 Å². The lowest BCUT2D eigenvalue weighted by Crippen LogP contribution is -2.15. The van der Waals surface area contributed by atoms with Crippen LogP contribution in [0.2, 0.25) is 10.0 Å². The first kappa shape index (κ1) is 16.4. The van der Waals surface area contributed by atoms with Gasteiger partial charge < -0.3 is 5.73 Å². The summed E-state index contributed by atoms with van der Waals surface area (Å²) in [6.45, 7) is 1.64. The van der Waals surface area contributed by atoms with E-state index in [-0.39, 0.29) is 20.6 Å². The molecule has 0 aliphatic carbocycles. The molecule has 0 fully saturated rings. The van der Waals surface area contributed by atoms with Crippen molar-refractivity contribution in [1.29, 1.82) is 0 Å². The van der Waals surface area contributed by atoms with Crippen molar-refractivity contribution in [3.63, 3.8) is 0 Å². The molecule has 0 aliphatic heterocycles. The first-order valence-electron chi connectivity index (χ1n) is 5.75. The van der Waals surface area contributed by atoms with Gasteiger partial charge in [-0.25, -0.2) is 8.42 Å². The number of hydrogen-bond acceptors (Lipinski definition) is 3. The van der Waals surface area contributed by atoms with Crippen LogP contribution in [0.15, 0.2) is 39.7 Å². The zero-order valence-corrected chi connectivity index (χ0v) is 14.7. The zero-order chi connectivity index (χ0) is 15.8. The Labute approximate surface area is 141 Å².